The zero-order valence-corrected chi connectivity index (χ0v) is 15.0. The molecular formula is C18H28N2O4. The molecule has 0 saturated carbocycles. The molecule has 0 aliphatic carbocycles. The molecule has 1 unspecified atom stereocenters. The van der Waals surface area contributed by atoms with E-state index in [-0.39, 0.29) is 12.0 Å². The minimum Gasteiger partial charge on any atom is -0.493 e. The first kappa shape index (κ1) is 18.2. The fourth-order valence-corrected chi connectivity index (χ4v) is 2.71. The van der Waals surface area contributed by atoms with Crippen LogP contribution in [0.15, 0.2) is 18.2 Å². The molecule has 1 heterocycles. The number of nitrogen functional groups attached to an aromatic ring is 1. The third kappa shape index (κ3) is 5.22. The van der Waals surface area contributed by atoms with Crippen LogP contribution in [0.4, 0.5) is 10.5 Å². The van der Waals surface area contributed by atoms with Crippen molar-refractivity contribution in [2.45, 2.75) is 39.2 Å². The third-order valence-corrected chi connectivity index (χ3v) is 3.83. The summed E-state index contributed by atoms with van der Waals surface area (Å²) < 4.78 is 16.6. The summed E-state index contributed by atoms with van der Waals surface area (Å²) in [5.41, 5.74) is 5.96. The molecule has 0 radical (unpaired) electrons. The summed E-state index contributed by atoms with van der Waals surface area (Å²) in [4.78, 5) is 14.0. The number of benzene rings is 1. The molecule has 2 rings (SSSR count). The maximum Gasteiger partial charge on any atom is 0.410 e. The van der Waals surface area contributed by atoms with Crippen LogP contribution in [0, 0.1) is 5.92 Å². The number of carbonyl (C=O) groups excluding carboxylic acids is 1. The van der Waals surface area contributed by atoms with Crippen LogP contribution < -0.4 is 15.2 Å². The maximum atomic E-state index is 12.2. The van der Waals surface area contributed by atoms with Gasteiger partial charge in [-0.05, 0) is 45.7 Å². The van der Waals surface area contributed by atoms with Gasteiger partial charge in [0.1, 0.15) is 5.60 Å². The van der Waals surface area contributed by atoms with Gasteiger partial charge in [-0.3, -0.25) is 0 Å². The van der Waals surface area contributed by atoms with Crippen molar-refractivity contribution in [1.29, 1.82) is 0 Å². The van der Waals surface area contributed by atoms with Crippen molar-refractivity contribution in [2.24, 2.45) is 5.92 Å². The monoisotopic (exact) mass is 336 g/mol. The fraction of sp³-hybridized carbons (Fsp3) is 0.611. The summed E-state index contributed by atoms with van der Waals surface area (Å²) in [6.45, 7) is 7.51. The van der Waals surface area contributed by atoms with Gasteiger partial charge in [0.05, 0.1) is 13.7 Å². The molecule has 1 aliphatic heterocycles. The summed E-state index contributed by atoms with van der Waals surface area (Å²) in [7, 11) is 1.60. The number of hydrogen-bond donors (Lipinski definition) is 1. The molecule has 1 aromatic rings. The highest BCUT2D eigenvalue weighted by molar-refractivity contribution is 5.68. The molecule has 6 nitrogen and oxygen atoms in total. The number of ether oxygens (including phenoxy) is 3. The second-order valence-electron chi connectivity index (χ2n) is 7.16. The number of carbonyl (C=O) groups is 1. The maximum absolute atomic E-state index is 12.2. The number of anilines is 1. The lowest BCUT2D eigenvalue weighted by atomic mass is 9.99. The summed E-state index contributed by atoms with van der Waals surface area (Å²) in [6.07, 6.45) is 1.71. The number of nitrogens with zero attached hydrogens (tertiary/aromatic N) is 1. The quantitative estimate of drug-likeness (QED) is 0.854. The van der Waals surface area contributed by atoms with Gasteiger partial charge in [-0.2, -0.15) is 0 Å². The summed E-state index contributed by atoms with van der Waals surface area (Å²) in [5, 5.41) is 0. The Labute approximate surface area is 143 Å². The first-order valence-corrected chi connectivity index (χ1v) is 8.33. The Morgan fingerprint density at radius 2 is 2.08 bits per heavy atom. The molecule has 0 bridgehead atoms. The van der Waals surface area contributed by atoms with E-state index >= 15 is 0 Å². The molecule has 1 aliphatic rings. The predicted octanol–water partition coefficient (Wildman–Crippen LogP) is 3.30. The van der Waals surface area contributed by atoms with E-state index in [1.807, 2.05) is 20.8 Å². The summed E-state index contributed by atoms with van der Waals surface area (Å²) >= 11 is 0. The number of likely N-dealkylation sites (tertiary alicyclic amines) is 1. The van der Waals surface area contributed by atoms with Gasteiger partial charge in [-0.1, -0.05) is 0 Å². The van der Waals surface area contributed by atoms with Gasteiger partial charge in [0.25, 0.3) is 0 Å². The van der Waals surface area contributed by atoms with Crippen molar-refractivity contribution in [1.82, 2.24) is 4.90 Å². The van der Waals surface area contributed by atoms with Crippen molar-refractivity contribution in [3.05, 3.63) is 18.2 Å². The van der Waals surface area contributed by atoms with Gasteiger partial charge in [-0.15, -0.1) is 0 Å². The summed E-state index contributed by atoms with van der Waals surface area (Å²) in [6, 6.07) is 5.32. The largest absolute Gasteiger partial charge is 0.493 e. The Bertz CT molecular complexity index is 569. The normalized spacial score (nSPS) is 18.2. The van der Waals surface area contributed by atoms with Crippen LogP contribution in [0.5, 0.6) is 11.5 Å². The number of hydrogen-bond acceptors (Lipinski definition) is 5. The van der Waals surface area contributed by atoms with Crippen LogP contribution >= 0.6 is 0 Å². The number of nitrogens with two attached hydrogens (primary N) is 1. The van der Waals surface area contributed by atoms with Crippen molar-refractivity contribution in [3.8, 4) is 11.5 Å². The van der Waals surface area contributed by atoms with Gasteiger partial charge >= 0.3 is 6.09 Å². The standard InChI is InChI=1S/C18H28N2O4/c1-18(2,3)24-17(21)20-9-5-6-13(11-20)12-23-16-10-14(19)7-8-15(16)22-4/h7-8,10,13H,5-6,9,11-12,19H2,1-4H3. The van der Waals surface area contributed by atoms with Crippen LogP contribution in [0.1, 0.15) is 33.6 Å². The van der Waals surface area contributed by atoms with E-state index in [1.165, 1.54) is 0 Å². The van der Waals surface area contributed by atoms with E-state index in [4.69, 9.17) is 19.9 Å². The Morgan fingerprint density at radius 3 is 2.75 bits per heavy atom. The Hall–Kier alpha value is -2.11. The molecule has 1 fully saturated rings. The SMILES string of the molecule is COc1ccc(N)cc1OCC1CCCN(C(=O)OC(C)(C)C)C1. The molecule has 2 N–H and O–H groups in total. The molecule has 134 valence electrons. The van der Waals surface area contributed by atoms with Crippen molar-refractivity contribution in [2.75, 3.05) is 32.5 Å². The highest BCUT2D eigenvalue weighted by Gasteiger charge is 2.28. The zero-order chi connectivity index (χ0) is 17.7. The minimum absolute atomic E-state index is 0.256. The predicted molar refractivity (Wildman–Crippen MR) is 93.4 cm³/mol. The molecule has 24 heavy (non-hydrogen) atoms. The average molecular weight is 336 g/mol. The fourth-order valence-electron chi connectivity index (χ4n) is 2.71. The van der Waals surface area contributed by atoms with Gasteiger partial charge in [-0.25, -0.2) is 4.79 Å². The first-order chi connectivity index (χ1) is 11.3. The van der Waals surface area contributed by atoms with Crippen LogP contribution in [-0.2, 0) is 4.74 Å². The van der Waals surface area contributed by atoms with E-state index in [1.54, 1.807) is 30.2 Å². The molecule has 1 aromatic carbocycles. The lowest BCUT2D eigenvalue weighted by molar-refractivity contribution is 0.0138. The number of rotatable bonds is 4. The van der Waals surface area contributed by atoms with Crippen LogP contribution in [0.3, 0.4) is 0 Å². The second-order valence-corrected chi connectivity index (χ2v) is 7.16. The van der Waals surface area contributed by atoms with Gasteiger partial charge in [0, 0.05) is 30.8 Å². The third-order valence-electron chi connectivity index (χ3n) is 3.83. The Kier molecular flexibility index (Phi) is 5.80. The lowest BCUT2D eigenvalue weighted by Crippen LogP contribution is -2.44. The average Bonchev–Trinajstić information content (AvgIpc) is 2.52. The van der Waals surface area contributed by atoms with E-state index < -0.39 is 5.60 Å². The summed E-state index contributed by atoms with van der Waals surface area (Å²) in [5.74, 6) is 1.55. The smallest absolute Gasteiger partial charge is 0.410 e. The lowest BCUT2D eigenvalue weighted by Gasteiger charge is -2.34. The molecule has 0 spiro atoms. The van der Waals surface area contributed by atoms with Crippen molar-refractivity contribution >= 4 is 11.8 Å². The first-order valence-electron chi connectivity index (χ1n) is 8.33. The Morgan fingerprint density at radius 1 is 1.33 bits per heavy atom. The molecule has 6 heteroatoms. The molecular weight excluding hydrogens is 308 g/mol. The van der Waals surface area contributed by atoms with Crippen LogP contribution in [-0.4, -0.2) is 43.4 Å². The number of piperidine rings is 1. The molecule has 1 atom stereocenters. The number of methoxy groups -OCH3 is 1. The van der Waals surface area contributed by atoms with Crippen molar-refractivity contribution in [3.63, 3.8) is 0 Å². The minimum atomic E-state index is -0.477. The Balaban J connectivity index is 1.92. The van der Waals surface area contributed by atoms with Gasteiger partial charge in [0.2, 0.25) is 0 Å². The van der Waals surface area contributed by atoms with Crippen molar-refractivity contribution < 1.29 is 19.0 Å². The highest BCUT2D eigenvalue weighted by atomic mass is 16.6. The van der Waals surface area contributed by atoms with Crippen LogP contribution in [0.25, 0.3) is 0 Å². The highest BCUT2D eigenvalue weighted by Crippen LogP contribution is 2.30. The van der Waals surface area contributed by atoms with E-state index in [9.17, 15) is 4.79 Å². The molecule has 1 saturated heterocycles. The van der Waals surface area contributed by atoms with E-state index in [0.717, 1.165) is 19.4 Å². The van der Waals surface area contributed by atoms with E-state index in [2.05, 4.69) is 0 Å². The van der Waals surface area contributed by atoms with Gasteiger partial charge in [0.15, 0.2) is 11.5 Å². The molecule has 0 aromatic heterocycles. The topological polar surface area (TPSA) is 74.0 Å². The zero-order valence-electron chi connectivity index (χ0n) is 15.0. The van der Waals surface area contributed by atoms with Crippen LogP contribution in [0.2, 0.25) is 0 Å². The second kappa shape index (κ2) is 7.64. The van der Waals surface area contributed by atoms with Gasteiger partial charge < -0.3 is 24.8 Å². The molecule has 1 amide bonds. The number of amides is 1. The van der Waals surface area contributed by atoms with E-state index in [0.29, 0.717) is 30.3 Å².